The molecule has 1 atom stereocenters. The van der Waals surface area contributed by atoms with Crippen molar-refractivity contribution in [1.82, 2.24) is 4.59 Å². The lowest BCUT2D eigenvalue weighted by molar-refractivity contribution is 0.313. The summed E-state index contributed by atoms with van der Waals surface area (Å²) in [4.78, 5) is 8.93. The lowest BCUT2D eigenvalue weighted by Gasteiger charge is -2.24. The highest BCUT2D eigenvalue weighted by Gasteiger charge is 2.43. The maximum absolute atomic E-state index is 5.82. The van der Waals surface area contributed by atoms with Crippen molar-refractivity contribution >= 4 is 29.4 Å². The van der Waals surface area contributed by atoms with Crippen LogP contribution in [0.4, 0.5) is 11.4 Å². The number of hydrogen-bond acceptors (Lipinski definition) is 6. The van der Waals surface area contributed by atoms with E-state index in [4.69, 9.17) is 15.6 Å². The van der Waals surface area contributed by atoms with E-state index in [-0.39, 0.29) is 4.59 Å². The van der Waals surface area contributed by atoms with Crippen LogP contribution in [0.25, 0.3) is 0 Å². The van der Waals surface area contributed by atoms with E-state index in [1.807, 2.05) is 30.5 Å². The minimum absolute atomic E-state index is 0.116. The fourth-order valence-electron chi connectivity index (χ4n) is 3.44. The third-order valence-corrected chi connectivity index (χ3v) is 4.69. The zero-order valence-corrected chi connectivity index (χ0v) is 16.7. The van der Waals surface area contributed by atoms with Gasteiger partial charge in [0.25, 0.3) is 11.8 Å². The van der Waals surface area contributed by atoms with E-state index in [9.17, 15) is 0 Å². The van der Waals surface area contributed by atoms with Crippen LogP contribution < -0.4 is 20.4 Å². The number of aryl methyl sites for hydroxylation is 2. The molecule has 4 rings (SSSR count). The Hall–Kier alpha value is -3.29. The van der Waals surface area contributed by atoms with Crippen LogP contribution in [0.3, 0.4) is 0 Å². The first-order chi connectivity index (χ1) is 14.1. The molecule has 0 bridgehead atoms. The molecule has 0 amide bonds. The summed E-state index contributed by atoms with van der Waals surface area (Å²) in [7, 11) is 0. The van der Waals surface area contributed by atoms with Gasteiger partial charge >= 0.3 is 0 Å². The number of guanidine groups is 1. The lowest BCUT2D eigenvalue weighted by Crippen LogP contribution is -2.44. The second-order valence-electron chi connectivity index (χ2n) is 7.14. The summed E-state index contributed by atoms with van der Waals surface area (Å²) in [6, 6.07) is 14.2. The molecule has 3 N–H and O–H groups in total. The van der Waals surface area contributed by atoms with Crippen molar-refractivity contribution in [2.75, 3.05) is 18.5 Å². The average molecular weight is 389 g/mol. The van der Waals surface area contributed by atoms with Gasteiger partial charge in [-0.25, -0.2) is 0 Å². The van der Waals surface area contributed by atoms with Crippen molar-refractivity contribution in [2.45, 2.75) is 20.3 Å². The van der Waals surface area contributed by atoms with Gasteiger partial charge in [-0.05, 0) is 61.2 Å². The van der Waals surface area contributed by atoms with Gasteiger partial charge in [0.2, 0.25) is 0 Å². The molecule has 0 spiro atoms. The van der Waals surface area contributed by atoms with Gasteiger partial charge in [-0.3, -0.25) is 4.99 Å². The number of quaternary nitrogens is 1. The molecule has 2 aromatic rings. The summed E-state index contributed by atoms with van der Waals surface area (Å²) in [5.41, 5.74) is 9.81. The van der Waals surface area contributed by atoms with Gasteiger partial charge in [0.1, 0.15) is 12.0 Å². The van der Waals surface area contributed by atoms with Gasteiger partial charge in [0.05, 0.1) is 12.8 Å². The normalized spacial score (nSPS) is 19.6. The Kier molecular flexibility index (Phi) is 5.24. The molecule has 7 nitrogen and oxygen atoms in total. The molecule has 2 aliphatic rings. The molecular formula is C22H25N6O+. The number of fused-ring (bicyclic) bond motifs is 1. The number of nitrogens with one attached hydrogen (secondary N) is 1. The summed E-state index contributed by atoms with van der Waals surface area (Å²) in [5.74, 6) is 2.04. The summed E-state index contributed by atoms with van der Waals surface area (Å²) >= 11 is 0. The predicted octanol–water partition coefficient (Wildman–Crippen LogP) is 3.69. The van der Waals surface area contributed by atoms with Gasteiger partial charge in [-0.2, -0.15) is 4.99 Å². The standard InChI is InChI=1S/C22H25N6O/c1-16-11-17(2)13-18(12-16)25-22-26-21-15-24-8-9-28(21,27-22)19-5-3-6-20(14-19)29-10-4-7-23/h3,5-6,8-9,11-15H,4,7,10,23H2,1-2H3,(H,25,27)/q+1. The van der Waals surface area contributed by atoms with Gasteiger partial charge in [-0.1, -0.05) is 16.7 Å². The first kappa shape index (κ1) is 19.0. The number of nitrogens with two attached hydrogens (primary N) is 1. The van der Waals surface area contributed by atoms with Crippen molar-refractivity contribution in [3.05, 3.63) is 66.0 Å². The number of nitrogens with zero attached hydrogens (tertiary/aromatic N) is 4. The summed E-state index contributed by atoms with van der Waals surface area (Å²) in [6.45, 7) is 5.33. The largest absolute Gasteiger partial charge is 0.493 e. The quantitative estimate of drug-likeness (QED) is 0.584. The molecule has 0 fully saturated rings. The Morgan fingerprint density at radius 1 is 1.10 bits per heavy atom. The van der Waals surface area contributed by atoms with E-state index < -0.39 is 0 Å². The topological polar surface area (TPSA) is 84.4 Å². The zero-order valence-electron chi connectivity index (χ0n) is 16.7. The molecule has 2 heterocycles. The van der Waals surface area contributed by atoms with E-state index >= 15 is 0 Å². The number of benzene rings is 2. The second kappa shape index (κ2) is 7.98. The second-order valence-corrected chi connectivity index (χ2v) is 7.14. The van der Waals surface area contributed by atoms with Crippen molar-refractivity contribution in [3.63, 3.8) is 0 Å². The molecule has 0 saturated heterocycles. The number of ether oxygens (including phenoxy) is 1. The van der Waals surface area contributed by atoms with Crippen LogP contribution in [-0.2, 0) is 0 Å². The molecule has 2 aliphatic heterocycles. The van der Waals surface area contributed by atoms with Crippen LogP contribution in [0.1, 0.15) is 17.5 Å². The maximum Gasteiger partial charge on any atom is 0.287 e. The number of anilines is 1. The number of aliphatic imine (C=N–C) groups is 2. The Labute approximate surface area is 170 Å². The number of amidine groups is 1. The number of hydrogen-bond donors (Lipinski definition) is 2. The van der Waals surface area contributed by atoms with Crippen LogP contribution in [-0.4, -0.2) is 31.2 Å². The van der Waals surface area contributed by atoms with E-state index in [0.717, 1.165) is 29.4 Å². The first-order valence-electron chi connectivity index (χ1n) is 9.67. The summed E-state index contributed by atoms with van der Waals surface area (Å²) in [6.07, 6.45) is 6.20. The monoisotopic (exact) mass is 389 g/mol. The van der Waals surface area contributed by atoms with Crippen LogP contribution in [0.2, 0.25) is 0 Å². The highest BCUT2D eigenvalue weighted by Crippen LogP contribution is 2.33. The summed E-state index contributed by atoms with van der Waals surface area (Å²) < 4.78 is 5.94. The first-order valence-corrected chi connectivity index (χ1v) is 9.67. The molecule has 1 unspecified atom stereocenters. The fourth-order valence-corrected chi connectivity index (χ4v) is 3.44. The molecule has 0 aliphatic carbocycles. The SMILES string of the molecule is Cc1cc(C)cc(NC2=N[N+]3(c4cccc(OCCCN)c4)C=CN=CC3=N2)c1. The van der Waals surface area contributed by atoms with Crippen molar-refractivity contribution in [1.29, 1.82) is 0 Å². The van der Waals surface area contributed by atoms with Crippen LogP contribution >= 0.6 is 0 Å². The highest BCUT2D eigenvalue weighted by molar-refractivity contribution is 6.38. The minimum atomic E-state index is 0.116. The smallest absolute Gasteiger partial charge is 0.287 e. The lowest BCUT2D eigenvalue weighted by atomic mass is 10.1. The van der Waals surface area contributed by atoms with Crippen LogP contribution in [0.5, 0.6) is 5.75 Å². The van der Waals surface area contributed by atoms with Gasteiger partial charge in [0, 0.05) is 17.8 Å². The molecule has 0 aromatic heterocycles. The van der Waals surface area contributed by atoms with E-state index in [0.29, 0.717) is 19.1 Å². The van der Waals surface area contributed by atoms with Gasteiger partial charge in [0.15, 0.2) is 11.9 Å². The molecule has 148 valence electrons. The third kappa shape index (κ3) is 3.96. The Morgan fingerprint density at radius 3 is 2.72 bits per heavy atom. The molecule has 2 aromatic carbocycles. The average Bonchev–Trinajstić information content (AvgIpc) is 3.07. The van der Waals surface area contributed by atoms with Crippen molar-refractivity contribution in [3.8, 4) is 5.75 Å². The van der Waals surface area contributed by atoms with Gasteiger partial charge < -0.3 is 15.8 Å². The minimum Gasteiger partial charge on any atom is -0.493 e. The van der Waals surface area contributed by atoms with Crippen LogP contribution in [0.15, 0.2) is 70.0 Å². The highest BCUT2D eigenvalue weighted by atomic mass is 16.5. The number of rotatable bonds is 6. The van der Waals surface area contributed by atoms with Gasteiger partial charge in [-0.15, -0.1) is 0 Å². The maximum atomic E-state index is 5.82. The molecular weight excluding hydrogens is 364 g/mol. The Balaban J connectivity index is 1.66. The third-order valence-electron chi connectivity index (χ3n) is 4.69. The molecule has 7 heteroatoms. The zero-order chi connectivity index (χ0) is 20.3. The van der Waals surface area contributed by atoms with E-state index in [1.165, 1.54) is 11.1 Å². The van der Waals surface area contributed by atoms with E-state index in [2.05, 4.69) is 47.3 Å². The van der Waals surface area contributed by atoms with Crippen molar-refractivity contribution < 1.29 is 4.74 Å². The molecule has 29 heavy (non-hydrogen) atoms. The van der Waals surface area contributed by atoms with Crippen molar-refractivity contribution in [2.24, 2.45) is 20.8 Å². The summed E-state index contributed by atoms with van der Waals surface area (Å²) in [5, 5.41) is 8.23. The predicted molar refractivity (Wildman–Crippen MR) is 119 cm³/mol. The molecule has 0 radical (unpaired) electrons. The Morgan fingerprint density at radius 2 is 1.93 bits per heavy atom. The van der Waals surface area contributed by atoms with E-state index in [1.54, 1.807) is 12.4 Å². The Bertz CT molecular complexity index is 1020. The fraction of sp³-hybridized carbons (Fsp3) is 0.227. The molecule has 0 saturated carbocycles. The van der Waals surface area contributed by atoms with Crippen LogP contribution in [0, 0.1) is 13.8 Å².